The van der Waals surface area contributed by atoms with Crippen molar-refractivity contribution < 1.29 is 22.7 Å². The Labute approximate surface area is 189 Å². The second-order valence-corrected chi connectivity index (χ2v) is 9.28. The summed E-state index contributed by atoms with van der Waals surface area (Å²) >= 11 is 0. The molecule has 32 heavy (non-hydrogen) atoms. The maximum absolute atomic E-state index is 12.8. The number of sulfonamides is 1. The average molecular weight is 460 g/mol. The minimum absolute atomic E-state index is 0.160. The van der Waals surface area contributed by atoms with Gasteiger partial charge < -0.3 is 15.4 Å². The first-order valence-electron chi connectivity index (χ1n) is 10.1. The van der Waals surface area contributed by atoms with E-state index >= 15 is 0 Å². The summed E-state index contributed by atoms with van der Waals surface area (Å²) in [6.45, 7) is 7.30. The summed E-state index contributed by atoms with van der Waals surface area (Å²) in [6, 6.07) is 12.5. The van der Waals surface area contributed by atoms with Gasteiger partial charge in [-0.1, -0.05) is 44.2 Å². The van der Waals surface area contributed by atoms with E-state index in [2.05, 4.69) is 21.9 Å². The molecule has 8 nitrogen and oxygen atoms in total. The van der Waals surface area contributed by atoms with Crippen LogP contribution in [0.4, 0.5) is 5.69 Å². The third kappa shape index (κ3) is 7.21. The molecular formula is C23H29N3O5S. The van der Waals surface area contributed by atoms with E-state index in [9.17, 15) is 18.0 Å². The van der Waals surface area contributed by atoms with E-state index in [1.54, 1.807) is 48.5 Å². The van der Waals surface area contributed by atoms with E-state index in [0.29, 0.717) is 22.6 Å². The van der Waals surface area contributed by atoms with Crippen LogP contribution in [0.25, 0.3) is 0 Å². The number of anilines is 1. The van der Waals surface area contributed by atoms with Crippen LogP contribution >= 0.6 is 0 Å². The topological polar surface area (TPSA) is 114 Å². The molecule has 0 aliphatic carbocycles. The lowest BCUT2D eigenvalue weighted by Crippen LogP contribution is -2.47. The van der Waals surface area contributed by atoms with Crippen molar-refractivity contribution in [3.05, 3.63) is 72.3 Å². The molecule has 1 unspecified atom stereocenters. The fourth-order valence-electron chi connectivity index (χ4n) is 2.95. The van der Waals surface area contributed by atoms with Crippen molar-refractivity contribution in [2.24, 2.45) is 5.92 Å². The average Bonchev–Trinajstić information content (AvgIpc) is 2.76. The van der Waals surface area contributed by atoms with E-state index < -0.39 is 22.0 Å². The molecule has 0 spiro atoms. The minimum atomic E-state index is -3.47. The van der Waals surface area contributed by atoms with Gasteiger partial charge in [0, 0.05) is 12.2 Å². The van der Waals surface area contributed by atoms with Gasteiger partial charge in [-0.15, -0.1) is 6.58 Å². The maximum Gasteiger partial charge on any atom is 0.255 e. The van der Waals surface area contributed by atoms with E-state index in [0.717, 1.165) is 0 Å². The second-order valence-electron chi connectivity index (χ2n) is 7.48. The molecule has 2 amide bonds. The number of carbonyl (C=O) groups excluding carboxylic acids is 2. The van der Waals surface area contributed by atoms with Gasteiger partial charge in [0.1, 0.15) is 11.8 Å². The molecule has 0 aliphatic rings. The van der Waals surface area contributed by atoms with Gasteiger partial charge in [0.25, 0.3) is 5.91 Å². The maximum atomic E-state index is 12.8. The van der Waals surface area contributed by atoms with Crippen LogP contribution in [0.5, 0.6) is 5.75 Å². The molecule has 172 valence electrons. The Morgan fingerprint density at radius 2 is 1.75 bits per heavy atom. The highest BCUT2D eigenvalue weighted by molar-refractivity contribution is 7.88. The van der Waals surface area contributed by atoms with E-state index in [1.807, 2.05) is 13.8 Å². The SMILES string of the molecule is C=CCNS(=O)(=O)Cc1ccc(NC(=O)C(NC(=O)c2ccccc2OC)C(C)C)cc1. The molecule has 0 bridgehead atoms. The smallest absolute Gasteiger partial charge is 0.255 e. The van der Waals surface area contributed by atoms with Crippen molar-refractivity contribution in [3.63, 3.8) is 0 Å². The summed E-state index contributed by atoms with van der Waals surface area (Å²) in [5, 5.41) is 5.53. The third-order valence-corrected chi connectivity index (χ3v) is 5.93. The molecule has 0 heterocycles. The number of carbonyl (C=O) groups is 2. The molecule has 2 rings (SSSR count). The van der Waals surface area contributed by atoms with Crippen LogP contribution in [0.2, 0.25) is 0 Å². The number of hydrogen-bond donors (Lipinski definition) is 3. The van der Waals surface area contributed by atoms with Crippen molar-refractivity contribution in [2.45, 2.75) is 25.6 Å². The summed E-state index contributed by atoms with van der Waals surface area (Å²) in [7, 11) is -1.99. The fourth-order valence-corrected chi connectivity index (χ4v) is 4.05. The molecule has 0 saturated heterocycles. The predicted molar refractivity (Wildman–Crippen MR) is 125 cm³/mol. The molecule has 0 aliphatic heterocycles. The number of rotatable bonds is 11. The predicted octanol–water partition coefficient (Wildman–Crippen LogP) is 2.69. The number of hydrogen-bond acceptors (Lipinski definition) is 5. The zero-order chi connectivity index (χ0) is 23.7. The first-order valence-corrected chi connectivity index (χ1v) is 11.7. The lowest BCUT2D eigenvalue weighted by Gasteiger charge is -2.22. The van der Waals surface area contributed by atoms with Crippen LogP contribution < -0.4 is 20.1 Å². The highest BCUT2D eigenvalue weighted by Gasteiger charge is 2.26. The number of methoxy groups -OCH3 is 1. The van der Waals surface area contributed by atoms with Crippen LogP contribution in [-0.2, 0) is 20.6 Å². The van der Waals surface area contributed by atoms with Crippen molar-refractivity contribution in [1.29, 1.82) is 0 Å². The molecule has 2 aromatic rings. The number of amides is 2. The van der Waals surface area contributed by atoms with E-state index in [1.165, 1.54) is 13.2 Å². The molecule has 0 fully saturated rings. The molecule has 0 aromatic heterocycles. The fraction of sp³-hybridized carbons (Fsp3) is 0.304. The second kappa shape index (κ2) is 11.4. The third-order valence-electron chi connectivity index (χ3n) is 4.61. The first-order chi connectivity index (χ1) is 15.2. The van der Waals surface area contributed by atoms with Crippen LogP contribution in [0.1, 0.15) is 29.8 Å². The van der Waals surface area contributed by atoms with Crippen LogP contribution in [0.15, 0.2) is 61.2 Å². The van der Waals surface area contributed by atoms with Crippen LogP contribution in [-0.4, -0.2) is 39.9 Å². The van der Waals surface area contributed by atoms with Crippen molar-refractivity contribution in [3.8, 4) is 5.75 Å². The Balaban J connectivity index is 2.06. The highest BCUT2D eigenvalue weighted by atomic mass is 32.2. The number of para-hydroxylation sites is 1. The Bertz CT molecular complexity index is 1050. The number of benzene rings is 2. The minimum Gasteiger partial charge on any atom is -0.496 e. The van der Waals surface area contributed by atoms with E-state index in [-0.39, 0.29) is 24.1 Å². The number of ether oxygens (including phenoxy) is 1. The molecule has 1 atom stereocenters. The van der Waals surface area contributed by atoms with Gasteiger partial charge >= 0.3 is 0 Å². The van der Waals surface area contributed by atoms with Gasteiger partial charge in [-0.2, -0.15) is 0 Å². The van der Waals surface area contributed by atoms with Gasteiger partial charge in [0.2, 0.25) is 15.9 Å². The van der Waals surface area contributed by atoms with Crippen molar-refractivity contribution in [1.82, 2.24) is 10.0 Å². The van der Waals surface area contributed by atoms with Crippen LogP contribution in [0, 0.1) is 5.92 Å². The Hall–Kier alpha value is -3.17. The summed E-state index contributed by atoms with van der Waals surface area (Å²) < 4.78 is 31.6. The molecule has 9 heteroatoms. The quantitative estimate of drug-likeness (QED) is 0.447. The molecular weight excluding hydrogens is 430 g/mol. The molecule has 0 radical (unpaired) electrons. The van der Waals surface area contributed by atoms with E-state index in [4.69, 9.17) is 4.74 Å². The highest BCUT2D eigenvalue weighted by Crippen LogP contribution is 2.18. The van der Waals surface area contributed by atoms with Gasteiger partial charge in [-0.25, -0.2) is 13.1 Å². The zero-order valence-corrected chi connectivity index (χ0v) is 19.2. The molecule has 2 aromatic carbocycles. The lowest BCUT2D eigenvalue weighted by molar-refractivity contribution is -0.118. The summed E-state index contributed by atoms with van der Waals surface area (Å²) in [4.78, 5) is 25.5. The van der Waals surface area contributed by atoms with Gasteiger partial charge in [0.15, 0.2) is 0 Å². The van der Waals surface area contributed by atoms with Gasteiger partial charge in [0.05, 0.1) is 18.4 Å². The Morgan fingerprint density at radius 3 is 2.34 bits per heavy atom. The number of nitrogens with one attached hydrogen (secondary N) is 3. The normalized spacial score (nSPS) is 12.1. The van der Waals surface area contributed by atoms with Crippen molar-refractivity contribution in [2.75, 3.05) is 19.0 Å². The summed E-state index contributed by atoms with van der Waals surface area (Å²) in [6.07, 6.45) is 1.47. The van der Waals surface area contributed by atoms with Gasteiger partial charge in [-0.05, 0) is 35.7 Å². The monoisotopic (exact) mass is 459 g/mol. The largest absolute Gasteiger partial charge is 0.496 e. The van der Waals surface area contributed by atoms with Crippen LogP contribution in [0.3, 0.4) is 0 Å². The lowest BCUT2D eigenvalue weighted by atomic mass is 10.0. The van der Waals surface area contributed by atoms with Crippen molar-refractivity contribution >= 4 is 27.5 Å². The first kappa shape index (κ1) is 25.1. The standard InChI is InChI=1S/C23H29N3O5S/c1-5-14-24-32(29,30)15-17-10-12-18(13-11-17)25-23(28)21(16(2)3)26-22(27)19-8-6-7-9-20(19)31-4/h5-13,16,21,24H,1,14-15H2,2-4H3,(H,25,28)(H,26,27). The Morgan fingerprint density at radius 1 is 1.09 bits per heavy atom. The van der Waals surface area contributed by atoms with Gasteiger partial charge in [-0.3, -0.25) is 9.59 Å². The Kier molecular flexibility index (Phi) is 8.98. The summed E-state index contributed by atoms with van der Waals surface area (Å²) in [5.41, 5.74) is 1.40. The molecule has 0 saturated carbocycles. The zero-order valence-electron chi connectivity index (χ0n) is 18.4. The summed E-state index contributed by atoms with van der Waals surface area (Å²) in [5.74, 6) is -0.728. The molecule has 3 N–H and O–H groups in total.